The van der Waals surface area contributed by atoms with Crippen molar-refractivity contribution >= 4 is 29.3 Å². The van der Waals surface area contributed by atoms with Crippen LogP contribution >= 0.6 is 11.8 Å². The Balaban J connectivity index is 1.90. The molecule has 1 aromatic carbocycles. The van der Waals surface area contributed by atoms with Crippen molar-refractivity contribution < 1.29 is 23.1 Å². The van der Waals surface area contributed by atoms with Gasteiger partial charge in [0.1, 0.15) is 11.6 Å². The van der Waals surface area contributed by atoms with E-state index in [4.69, 9.17) is 4.74 Å². The molecule has 0 saturated carbocycles. The van der Waals surface area contributed by atoms with Gasteiger partial charge in [0.15, 0.2) is 0 Å². The van der Waals surface area contributed by atoms with Gasteiger partial charge in [-0.1, -0.05) is 0 Å². The van der Waals surface area contributed by atoms with Crippen LogP contribution in [-0.4, -0.2) is 42.6 Å². The molecule has 1 saturated heterocycles. The monoisotopic (exact) mass is 330 g/mol. The van der Waals surface area contributed by atoms with Crippen LogP contribution in [0.1, 0.15) is 6.42 Å². The van der Waals surface area contributed by atoms with E-state index in [9.17, 15) is 18.4 Å². The number of hydrogen-bond donors (Lipinski definition) is 2. The number of halogens is 2. The molecule has 5 nitrogen and oxygen atoms in total. The second kappa shape index (κ2) is 7.06. The molecule has 8 heteroatoms. The largest absolute Gasteiger partial charge is 0.376 e. The van der Waals surface area contributed by atoms with Crippen molar-refractivity contribution in [2.45, 2.75) is 12.0 Å². The molecule has 0 radical (unpaired) electrons. The van der Waals surface area contributed by atoms with Gasteiger partial charge in [0.2, 0.25) is 0 Å². The van der Waals surface area contributed by atoms with Crippen LogP contribution in [0.5, 0.6) is 0 Å². The topological polar surface area (TPSA) is 67.4 Å². The number of amides is 2. The van der Waals surface area contributed by atoms with Gasteiger partial charge in [0.05, 0.1) is 11.3 Å². The van der Waals surface area contributed by atoms with Crippen LogP contribution in [-0.2, 0) is 14.3 Å². The molecule has 0 spiro atoms. The Morgan fingerprint density at radius 3 is 2.73 bits per heavy atom. The Kier molecular flexibility index (Phi) is 5.36. The van der Waals surface area contributed by atoms with Gasteiger partial charge in [-0.25, -0.2) is 8.78 Å². The molecule has 1 heterocycles. The molecular weight excluding hydrogens is 314 g/mol. The number of thioether (sulfide) groups is 1. The fraction of sp³-hybridized carbons (Fsp3) is 0.429. The molecule has 1 fully saturated rings. The third kappa shape index (κ3) is 3.95. The summed E-state index contributed by atoms with van der Waals surface area (Å²) in [7, 11) is 1.56. The standard InChI is InChI=1S/C14H16F2N2O3S/c1-21-14(4-5-22-8-14)7-17-12(19)13(20)18-11-3-2-9(15)6-10(11)16/h2-3,6H,4-5,7-8H2,1H3,(H,17,19)(H,18,20)/t14-/m0/s1. The molecular formula is C14H16F2N2O3S. The molecule has 0 unspecified atom stereocenters. The predicted octanol–water partition coefficient (Wildman–Crippen LogP) is 1.54. The van der Waals surface area contributed by atoms with Gasteiger partial charge in [-0.05, 0) is 24.3 Å². The zero-order valence-electron chi connectivity index (χ0n) is 11.9. The summed E-state index contributed by atoms with van der Waals surface area (Å²) >= 11 is 1.71. The Morgan fingerprint density at radius 2 is 2.14 bits per heavy atom. The predicted molar refractivity (Wildman–Crippen MR) is 79.7 cm³/mol. The number of carbonyl (C=O) groups excluding carboxylic acids is 2. The van der Waals surface area contributed by atoms with Gasteiger partial charge < -0.3 is 15.4 Å². The molecule has 22 heavy (non-hydrogen) atoms. The van der Waals surface area contributed by atoms with Crippen molar-refractivity contribution in [1.29, 1.82) is 0 Å². The van der Waals surface area contributed by atoms with Crippen LogP contribution in [0.15, 0.2) is 18.2 Å². The van der Waals surface area contributed by atoms with Crippen LogP contribution in [0.25, 0.3) is 0 Å². The van der Waals surface area contributed by atoms with E-state index in [0.717, 1.165) is 30.1 Å². The number of rotatable bonds is 4. The van der Waals surface area contributed by atoms with Crippen LogP contribution in [0.3, 0.4) is 0 Å². The number of methoxy groups -OCH3 is 1. The maximum atomic E-state index is 13.4. The number of ether oxygens (including phenoxy) is 1. The lowest BCUT2D eigenvalue weighted by atomic mass is 10.0. The molecule has 1 aliphatic heterocycles. The zero-order chi connectivity index (χ0) is 16.2. The lowest BCUT2D eigenvalue weighted by Gasteiger charge is -2.26. The Morgan fingerprint density at radius 1 is 1.36 bits per heavy atom. The Hall–Kier alpha value is -1.67. The van der Waals surface area contributed by atoms with E-state index in [1.54, 1.807) is 18.9 Å². The molecule has 1 aromatic rings. The number of benzene rings is 1. The fourth-order valence-corrected chi connectivity index (χ4v) is 3.45. The van der Waals surface area contributed by atoms with Crippen molar-refractivity contribution in [2.75, 3.05) is 30.5 Å². The highest BCUT2D eigenvalue weighted by molar-refractivity contribution is 7.99. The summed E-state index contributed by atoms with van der Waals surface area (Å²) in [6.45, 7) is 0.203. The SMILES string of the molecule is CO[C@]1(CNC(=O)C(=O)Nc2ccc(F)cc2F)CCSC1. The molecule has 2 N–H and O–H groups in total. The van der Waals surface area contributed by atoms with E-state index in [1.165, 1.54) is 0 Å². The first-order valence-electron chi connectivity index (χ1n) is 6.63. The average molecular weight is 330 g/mol. The summed E-state index contributed by atoms with van der Waals surface area (Å²) in [5.41, 5.74) is -0.721. The van der Waals surface area contributed by atoms with Crippen LogP contribution in [0.4, 0.5) is 14.5 Å². The fourth-order valence-electron chi connectivity index (χ4n) is 2.05. The first-order valence-corrected chi connectivity index (χ1v) is 7.78. The van der Waals surface area contributed by atoms with E-state index in [2.05, 4.69) is 10.6 Å². The van der Waals surface area contributed by atoms with Gasteiger partial charge in [0.25, 0.3) is 0 Å². The Labute approximate surface area is 130 Å². The van der Waals surface area contributed by atoms with Crippen molar-refractivity contribution in [1.82, 2.24) is 5.32 Å². The summed E-state index contributed by atoms with van der Waals surface area (Å²) in [6.07, 6.45) is 0.780. The van der Waals surface area contributed by atoms with Crippen molar-refractivity contribution in [3.63, 3.8) is 0 Å². The first-order chi connectivity index (χ1) is 10.5. The van der Waals surface area contributed by atoms with Gasteiger partial charge in [-0.2, -0.15) is 11.8 Å². The number of anilines is 1. The van der Waals surface area contributed by atoms with E-state index in [0.29, 0.717) is 6.07 Å². The number of hydrogen-bond acceptors (Lipinski definition) is 4. The molecule has 1 atom stereocenters. The third-order valence-corrected chi connectivity index (χ3v) is 4.68. The highest BCUT2D eigenvalue weighted by Gasteiger charge is 2.35. The molecule has 0 aromatic heterocycles. The van der Waals surface area contributed by atoms with Gasteiger partial charge in [0, 0.05) is 25.5 Å². The highest BCUT2D eigenvalue weighted by Crippen LogP contribution is 2.30. The van der Waals surface area contributed by atoms with Crippen molar-refractivity contribution in [2.24, 2.45) is 0 Å². The summed E-state index contributed by atoms with van der Waals surface area (Å²) in [6, 6.07) is 2.68. The van der Waals surface area contributed by atoms with Crippen molar-refractivity contribution in [3.8, 4) is 0 Å². The van der Waals surface area contributed by atoms with Gasteiger partial charge >= 0.3 is 11.8 Å². The van der Waals surface area contributed by atoms with E-state index in [1.807, 2.05) is 0 Å². The van der Waals surface area contributed by atoms with Crippen LogP contribution < -0.4 is 10.6 Å². The molecule has 2 rings (SSSR count). The minimum absolute atomic E-state index is 0.203. The number of nitrogens with one attached hydrogen (secondary N) is 2. The molecule has 0 aliphatic carbocycles. The molecule has 1 aliphatic rings. The summed E-state index contributed by atoms with van der Waals surface area (Å²) in [4.78, 5) is 23.5. The first kappa shape index (κ1) is 16.7. The summed E-state index contributed by atoms with van der Waals surface area (Å²) in [5.74, 6) is -1.95. The zero-order valence-corrected chi connectivity index (χ0v) is 12.8. The number of carbonyl (C=O) groups is 2. The van der Waals surface area contributed by atoms with Crippen LogP contribution in [0, 0.1) is 11.6 Å². The van der Waals surface area contributed by atoms with Gasteiger partial charge in [-0.3, -0.25) is 9.59 Å². The average Bonchev–Trinajstić information content (AvgIpc) is 2.97. The summed E-state index contributed by atoms with van der Waals surface area (Å²) < 4.78 is 31.6. The highest BCUT2D eigenvalue weighted by atomic mass is 32.2. The molecule has 0 bridgehead atoms. The minimum Gasteiger partial charge on any atom is -0.376 e. The lowest BCUT2D eigenvalue weighted by molar-refractivity contribution is -0.136. The second-order valence-electron chi connectivity index (χ2n) is 4.95. The third-order valence-electron chi connectivity index (χ3n) is 3.46. The van der Waals surface area contributed by atoms with Gasteiger partial charge in [-0.15, -0.1) is 0 Å². The minimum atomic E-state index is -1.01. The Bertz CT molecular complexity index is 577. The second-order valence-corrected chi connectivity index (χ2v) is 6.06. The van der Waals surface area contributed by atoms with E-state index < -0.39 is 29.0 Å². The van der Waals surface area contributed by atoms with Crippen molar-refractivity contribution in [3.05, 3.63) is 29.8 Å². The van der Waals surface area contributed by atoms with E-state index in [-0.39, 0.29) is 12.2 Å². The molecule has 120 valence electrons. The smallest absolute Gasteiger partial charge is 0.313 e. The summed E-state index contributed by atoms with van der Waals surface area (Å²) in [5, 5.41) is 4.59. The maximum absolute atomic E-state index is 13.4. The molecule has 2 amide bonds. The van der Waals surface area contributed by atoms with Crippen LogP contribution in [0.2, 0.25) is 0 Å². The maximum Gasteiger partial charge on any atom is 0.313 e. The van der Waals surface area contributed by atoms with E-state index >= 15 is 0 Å². The lowest BCUT2D eigenvalue weighted by Crippen LogP contribution is -2.47. The quantitative estimate of drug-likeness (QED) is 0.822. The normalized spacial score (nSPS) is 20.7.